The number of rotatable bonds is 4. The predicted octanol–water partition coefficient (Wildman–Crippen LogP) is 1.69. The zero-order valence-electron chi connectivity index (χ0n) is 20.5. The molecule has 1 aromatic rings. The highest BCUT2D eigenvalue weighted by Crippen LogP contribution is 2.51. The Kier molecular flexibility index (Phi) is 5.91. The van der Waals surface area contributed by atoms with E-state index in [1.165, 1.54) is 6.07 Å². The van der Waals surface area contributed by atoms with E-state index in [0.717, 1.165) is 0 Å². The van der Waals surface area contributed by atoms with Crippen LogP contribution in [0.15, 0.2) is 29.0 Å². The minimum absolute atomic E-state index is 0.00929. The number of carbonyl (C=O) groups is 3. The molecule has 4 atom stereocenters. The molecule has 1 saturated carbocycles. The molecule has 0 aromatic heterocycles. The van der Waals surface area contributed by atoms with E-state index in [2.05, 4.69) is 0 Å². The number of likely N-dealkylation sites (tertiary alicyclic amines) is 1. The van der Waals surface area contributed by atoms with Gasteiger partial charge in [-0.2, -0.15) is 0 Å². The Hall–Kier alpha value is -3.31. The summed E-state index contributed by atoms with van der Waals surface area (Å²) >= 11 is 0. The van der Waals surface area contributed by atoms with Gasteiger partial charge in [-0.3, -0.25) is 24.2 Å². The molecule has 198 valence electrons. The van der Waals surface area contributed by atoms with Gasteiger partial charge in [0.05, 0.1) is 24.1 Å². The van der Waals surface area contributed by atoms with E-state index in [1.807, 2.05) is 0 Å². The van der Waals surface area contributed by atoms with Crippen molar-refractivity contribution in [2.24, 2.45) is 23.5 Å². The van der Waals surface area contributed by atoms with Crippen molar-refractivity contribution in [3.8, 4) is 5.75 Å². The fourth-order valence-electron chi connectivity index (χ4n) is 6.66. The van der Waals surface area contributed by atoms with Crippen LogP contribution in [0.4, 0.5) is 8.78 Å². The molecular formula is C26H29F2N3O6. The SMILES string of the molecule is CN(C)[C@@H]1C(O)=C(C(N)=O)C(=O)C2C(=O)C3=C(O)c4c(O)ccc(CN5CCC(F)(F)C5)c4CC3CC21. The lowest BCUT2D eigenvalue weighted by Gasteiger charge is -2.46. The summed E-state index contributed by atoms with van der Waals surface area (Å²) in [5.74, 6) is -9.19. The summed E-state index contributed by atoms with van der Waals surface area (Å²) in [7, 11) is 3.30. The van der Waals surface area contributed by atoms with Gasteiger partial charge in [-0.25, -0.2) is 8.78 Å². The number of phenolic OH excluding ortho intramolecular Hbond substituents is 1. The van der Waals surface area contributed by atoms with Gasteiger partial charge < -0.3 is 21.1 Å². The molecular weight excluding hydrogens is 488 g/mol. The Bertz CT molecular complexity index is 1290. The second-order valence-corrected chi connectivity index (χ2v) is 10.7. The summed E-state index contributed by atoms with van der Waals surface area (Å²) in [6.07, 6.45) is 0.225. The number of nitrogens with zero attached hydrogens (tertiary/aromatic N) is 2. The number of hydrogen-bond donors (Lipinski definition) is 4. The Morgan fingerprint density at radius 2 is 1.89 bits per heavy atom. The zero-order valence-corrected chi connectivity index (χ0v) is 20.5. The van der Waals surface area contributed by atoms with Gasteiger partial charge in [0.15, 0.2) is 11.6 Å². The molecule has 1 saturated heterocycles. The number of amides is 1. The standard InChI is InChI=1S/C26H29F2N3O6/c1-30(2)20-14-8-12-7-13-11(9-31-6-5-26(27,28)10-31)3-4-15(32)17(13)21(33)16(12)22(34)18(14)23(35)19(24(20)36)25(29)37/h3-4,12,14,18,20,32-33,36H,5-10H2,1-2H3,(H2,29,37)/t12?,14?,18?,20-/m0/s1. The lowest BCUT2D eigenvalue weighted by atomic mass is 9.59. The number of Topliss-reactive ketones (excluding diaryl/α,β-unsaturated/α-hetero) is 2. The monoisotopic (exact) mass is 517 g/mol. The quantitative estimate of drug-likeness (QED) is 0.349. The van der Waals surface area contributed by atoms with Crippen molar-refractivity contribution in [3.63, 3.8) is 0 Å². The summed E-state index contributed by atoms with van der Waals surface area (Å²) in [5.41, 5.74) is 6.03. The first kappa shape index (κ1) is 25.3. The molecule has 37 heavy (non-hydrogen) atoms. The molecule has 1 heterocycles. The van der Waals surface area contributed by atoms with Crippen molar-refractivity contribution < 1.29 is 38.5 Å². The number of aromatic hydroxyl groups is 1. The Balaban J connectivity index is 1.58. The van der Waals surface area contributed by atoms with Gasteiger partial charge in [-0.1, -0.05) is 6.07 Å². The first-order valence-electron chi connectivity index (χ1n) is 12.2. The first-order chi connectivity index (χ1) is 17.3. The van der Waals surface area contributed by atoms with Gasteiger partial charge in [0, 0.05) is 25.1 Å². The third-order valence-corrected chi connectivity index (χ3v) is 8.19. The molecule has 5 N–H and O–H groups in total. The highest BCUT2D eigenvalue weighted by Gasteiger charge is 2.55. The number of primary amides is 1. The average Bonchev–Trinajstić information content (AvgIpc) is 3.12. The maximum absolute atomic E-state index is 13.8. The van der Waals surface area contributed by atoms with Crippen molar-refractivity contribution in [2.45, 2.75) is 37.8 Å². The van der Waals surface area contributed by atoms with Crippen LogP contribution in [0.5, 0.6) is 5.75 Å². The Morgan fingerprint density at radius 1 is 1.19 bits per heavy atom. The van der Waals surface area contributed by atoms with Crippen molar-refractivity contribution in [1.29, 1.82) is 0 Å². The van der Waals surface area contributed by atoms with Gasteiger partial charge in [0.25, 0.3) is 11.8 Å². The topological polar surface area (TPSA) is 144 Å². The number of nitrogens with two attached hydrogens (primary N) is 1. The van der Waals surface area contributed by atoms with Gasteiger partial charge in [0.1, 0.15) is 22.8 Å². The number of alkyl halides is 2. The van der Waals surface area contributed by atoms with Gasteiger partial charge in [-0.05, 0) is 56.0 Å². The predicted molar refractivity (Wildman–Crippen MR) is 128 cm³/mol. The molecule has 0 bridgehead atoms. The average molecular weight is 518 g/mol. The number of benzene rings is 1. The largest absolute Gasteiger partial charge is 0.510 e. The third kappa shape index (κ3) is 3.91. The number of likely N-dealkylation sites (N-methyl/N-ethyl adjacent to an activating group) is 1. The molecule has 3 aliphatic carbocycles. The molecule has 0 spiro atoms. The van der Waals surface area contributed by atoms with Crippen LogP contribution in [0.2, 0.25) is 0 Å². The summed E-state index contributed by atoms with van der Waals surface area (Å²) < 4.78 is 27.6. The highest BCUT2D eigenvalue weighted by molar-refractivity contribution is 6.28. The number of halogens is 2. The van der Waals surface area contributed by atoms with Crippen LogP contribution in [0, 0.1) is 17.8 Å². The molecule has 4 aliphatic rings. The molecule has 2 fully saturated rings. The molecule has 1 amide bonds. The molecule has 5 rings (SSSR count). The van der Waals surface area contributed by atoms with Gasteiger partial charge in [0.2, 0.25) is 0 Å². The van der Waals surface area contributed by atoms with Gasteiger partial charge >= 0.3 is 0 Å². The van der Waals surface area contributed by atoms with Gasteiger partial charge in [-0.15, -0.1) is 0 Å². The maximum Gasteiger partial charge on any atom is 0.261 e. The van der Waals surface area contributed by atoms with E-state index in [-0.39, 0.29) is 55.8 Å². The number of fused-ring (bicyclic) bond motifs is 3. The Labute approximate surface area is 211 Å². The van der Waals surface area contributed by atoms with Crippen LogP contribution in [0.1, 0.15) is 29.5 Å². The van der Waals surface area contributed by atoms with Crippen LogP contribution < -0.4 is 5.73 Å². The maximum atomic E-state index is 13.8. The number of ketones is 2. The van der Waals surface area contributed by atoms with Crippen molar-refractivity contribution in [1.82, 2.24) is 9.80 Å². The minimum atomic E-state index is -2.77. The number of aliphatic hydroxyl groups is 2. The molecule has 9 nitrogen and oxygen atoms in total. The van der Waals surface area contributed by atoms with Crippen molar-refractivity contribution in [3.05, 3.63) is 45.7 Å². The molecule has 1 aliphatic heterocycles. The number of phenols is 1. The van der Waals surface area contributed by atoms with Crippen LogP contribution in [0.3, 0.4) is 0 Å². The smallest absolute Gasteiger partial charge is 0.261 e. The van der Waals surface area contributed by atoms with Crippen molar-refractivity contribution >= 4 is 23.2 Å². The number of carbonyl (C=O) groups excluding carboxylic acids is 3. The van der Waals surface area contributed by atoms with E-state index in [4.69, 9.17) is 5.73 Å². The lowest BCUT2D eigenvalue weighted by Crippen LogP contribution is -2.55. The van der Waals surface area contributed by atoms with Crippen LogP contribution in [-0.2, 0) is 27.3 Å². The lowest BCUT2D eigenvalue weighted by molar-refractivity contribution is -0.136. The van der Waals surface area contributed by atoms with E-state index in [0.29, 0.717) is 11.1 Å². The number of allylic oxidation sites excluding steroid dienone is 1. The normalized spacial score (nSPS) is 29.4. The summed E-state index contributed by atoms with van der Waals surface area (Å²) in [4.78, 5) is 42.2. The second kappa shape index (κ2) is 8.63. The zero-order chi connectivity index (χ0) is 27.0. The minimum Gasteiger partial charge on any atom is -0.510 e. The van der Waals surface area contributed by atoms with Crippen LogP contribution in [-0.4, -0.2) is 81.7 Å². The van der Waals surface area contributed by atoms with E-state index >= 15 is 0 Å². The van der Waals surface area contributed by atoms with Crippen molar-refractivity contribution in [2.75, 3.05) is 27.2 Å². The third-order valence-electron chi connectivity index (χ3n) is 8.19. The van der Waals surface area contributed by atoms with Crippen LogP contribution >= 0.6 is 0 Å². The van der Waals surface area contributed by atoms with E-state index in [1.54, 1.807) is 30.0 Å². The Morgan fingerprint density at radius 3 is 2.49 bits per heavy atom. The van der Waals surface area contributed by atoms with Crippen LogP contribution in [0.25, 0.3) is 5.76 Å². The second-order valence-electron chi connectivity index (χ2n) is 10.7. The number of hydrogen-bond acceptors (Lipinski definition) is 8. The van der Waals surface area contributed by atoms with E-state index in [9.17, 15) is 38.5 Å². The first-order valence-corrected chi connectivity index (χ1v) is 12.2. The summed E-state index contributed by atoms with van der Waals surface area (Å²) in [6.45, 7) is 0.0154. The summed E-state index contributed by atoms with van der Waals surface area (Å²) in [6, 6.07) is 2.17. The molecule has 3 unspecified atom stereocenters. The van der Waals surface area contributed by atoms with E-state index < -0.39 is 64.3 Å². The molecule has 11 heteroatoms. The molecule has 0 radical (unpaired) electrons. The fraction of sp³-hybridized carbons (Fsp3) is 0.500. The molecule has 1 aromatic carbocycles. The number of aliphatic hydroxyl groups excluding tert-OH is 2. The fourth-order valence-corrected chi connectivity index (χ4v) is 6.66. The summed E-state index contributed by atoms with van der Waals surface area (Å²) in [5, 5.41) is 32.6. The highest BCUT2D eigenvalue weighted by atomic mass is 19.3.